The Kier molecular flexibility index (Phi) is 2.54. The van der Waals surface area contributed by atoms with Gasteiger partial charge in [0.2, 0.25) is 0 Å². The van der Waals surface area contributed by atoms with Gasteiger partial charge in [-0.1, -0.05) is 38.6 Å². The summed E-state index contributed by atoms with van der Waals surface area (Å²) >= 11 is 0. The van der Waals surface area contributed by atoms with E-state index in [0.717, 1.165) is 5.56 Å². The first-order valence-corrected chi connectivity index (χ1v) is 4.16. The van der Waals surface area contributed by atoms with Gasteiger partial charge >= 0.3 is 0 Å². The van der Waals surface area contributed by atoms with Crippen LogP contribution < -0.4 is 5.73 Å². The van der Waals surface area contributed by atoms with E-state index >= 15 is 0 Å². The first-order chi connectivity index (χ1) is 5.61. The average molecular weight is 161 g/mol. The molecule has 1 aromatic carbocycles. The first-order valence-electron chi connectivity index (χ1n) is 4.16. The van der Waals surface area contributed by atoms with E-state index in [9.17, 15) is 0 Å². The Morgan fingerprint density at radius 3 is 2.58 bits per heavy atom. The number of hydrogen-bond acceptors (Lipinski definition) is 1. The van der Waals surface area contributed by atoms with Gasteiger partial charge in [0.05, 0.1) is 0 Å². The number of hydrogen-bond donors (Lipinski definition) is 1. The first kappa shape index (κ1) is 8.85. The van der Waals surface area contributed by atoms with Crippen LogP contribution in [0.25, 0.3) is 5.70 Å². The molecule has 0 aliphatic rings. The van der Waals surface area contributed by atoms with Crippen LogP contribution in [0.15, 0.2) is 30.8 Å². The van der Waals surface area contributed by atoms with E-state index in [2.05, 4.69) is 32.6 Å². The van der Waals surface area contributed by atoms with Gasteiger partial charge in [0.25, 0.3) is 0 Å². The van der Waals surface area contributed by atoms with Crippen molar-refractivity contribution in [3.63, 3.8) is 0 Å². The second-order valence-corrected chi connectivity index (χ2v) is 3.31. The van der Waals surface area contributed by atoms with E-state index in [4.69, 9.17) is 5.73 Å². The Morgan fingerprint density at radius 1 is 1.42 bits per heavy atom. The molecule has 1 aromatic rings. The smallest absolute Gasteiger partial charge is 0.0314 e. The molecule has 64 valence electrons. The normalized spacial score (nSPS) is 10.2. The third kappa shape index (κ3) is 1.88. The highest BCUT2D eigenvalue weighted by Crippen LogP contribution is 2.17. The van der Waals surface area contributed by atoms with Crippen LogP contribution in [0, 0.1) is 0 Å². The fourth-order valence-corrected chi connectivity index (χ4v) is 1.10. The molecule has 0 heterocycles. The molecule has 0 fully saturated rings. The van der Waals surface area contributed by atoms with Crippen molar-refractivity contribution >= 4 is 5.70 Å². The van der Waals surface area contributed by atoms with Crippen molar-refractivity contribution in [2.24, 2.45) is 5.73 Å². The standard InChI is InChI=1S/C11H15N/c1-8(2)10-5-4-6-11(7-10)9(3)12/h4-8H,3,12H2,1-2H3. The maximum absolute atomic E-state index is 5.59. The molecule has 0 amide bonds. The molecule has 0 spiro atoms. The molecule has 1 heteroatoms. The predicted octanol–water partition coefficient (Wildman–Crippen LogP) is 2.74. The molecule has 0 aliphatic carbocycles. The Bertz CT molecular complexity index is 287. The SMILES string of the molecule is C=C(N)c1cccc(C(C)C)c1. The van der Waals surface area contributed by atoms with Crippen LogP contribution in [0.1, 0.15) is 30.9 Å². The summed E-state index contributed by atoms with van der Waals surface area (Å²) in [6.07, 6.45) is 0. The van der Waals surface area contributed by atoms with E-state index in [1.54, 1.807) is 0 Å². The lowest BCUT2D eigenvalue weighted by atomic mass is 10.0. The summed E-state index contributed by atoms with van der Waals surface area (Å²) in [4.78, 5) is 0. The molecule has 0 aliphatic heterocycles. The van der Waals surface area contributed by atoms with Crippen LogP contribution in [0.5, 0.6) is 0 Å². The summed E-state index contributed by atoms with van der Waals surface area (Å²) in [5.41, 5.74) is 8.56. The Balaban J connectivity index is 3.04. The van der Waals surface area contributed by atoms with Crippen LogP contribution in [0.4, 0.5) is 0 Å². The minimum Gasteiger partial charge on any atom is -0.399 e. The second kappa shape index (κ2) is 3.44. The topological polar surface area (TPSA) is 26.0 Å². The van der Waals surface area contributed by atoms with E-state index < -0.39 is 0 Å². The van der Waals surface area contributed by atoms with Gasteiger partial charge in [0.15, 0.2) is 0 Å². The highest BCUT2D eigenvalue weighted by molar-refractivity contribution is 5.60. The van der Waals surface area contributed by atoms with E-state index in [0.29, 0.717) is 11.6 Å². The number of rotatable bonds is 2. The largest absolute Gasteiger partial charge is 0.399 e. The monoisotopic (exact) mass is 161 g/mol. The third-order valence-corrected chi connectivity index (χ3v) is 1.92. The molecule has 0 atom stereocenters. The van der Waals surface area contributed by atoms with Gasteiger partial charge in [-0.05, 0) is 23.1 Å². The molecule has 0 bridgehead atoms. The molecule has 1 rings (SSSR count). The van der Waals surface area contributed by atoms with Crippen LogP contribution in [-0.4, -0.2) is 0 Å². The van der Waals surface area contributed by atoms with Crippen molar-refractivity contribution < 1.29 is 0 Å². The lowest BCUT2D eigenvalue weighted by Gasteiger charge is -2.07. The highest BCUT2D eigenvalue weighted by atomic mass is 14.6. The molecule has 0 aromatic heterocycles. The van der Waals surface area contributed by atoms with Crippen LogP contribution in [-0.2, 0) is 0 Å². The fourth-order valence-electron chi connectivity index (χ4n) is 1.10. The molecule has 12 heavy (non-hydrogen) atoms. The molecule has 0 saturated carbocycles. The number of benzene rings is 1. The molecular weight excluding hydrogens is 146 g/mol. The highest BCUT2D eigenvalue weighted by Gasteiger charge is 1.99. The molecular formula is C11H15N. The van der Waals surface area contributed by atoms with Crippen molar-refractivity contribution in [3.8, 4) is 0 Å². The van der Waals surface area contributed by atoms with Crippen molar-refractivity contribution in [3.05, 3.63) is 42.0 Å². The van der Waals surface area contributed by atoms with Crippen molar-refractivity contribution in [2.75, 3.05) is 0 Å². The van der Waals surface area contributed by atoms with E-state index in [-0.39, 0.29) is 0 Å². The van der Waals surface area contributed by atoms with Crippen molar-refractivity contribution in [2.45, 2.75) is 19.8 Å². The Labute approximate surface area is 73.9 Å². The van der Waals surface area contributed by atoms with Crippen LogP contribution >= 0.6 is 0 Å². The van der Waals surface area contributed by atoms with Gasteiger partial charge in [0.1, 0.15) is 0 Å². The summed E-state index contributed by atoms with van der Waals surface area (Å²) in [7, 11) is 0. The minimum absolute atomic E-state index is 0.546. The maximum atomic E-state index is 5.59. The maximum Gasteiger partial charge on any atom is 0.0314 e. The summed E-state index contributed by atoms with van der Waals surface area (Å²) < 4.78 is 0. The van der Waals surface area contributed by atoms with Crippen molar-refractivity contribution in [1.29, 1.82) is 0 Å². The van der Waals surface area contributed by atoms with E-state index in [1.807, 2.05) is 12.1 Å². The summed E-state index contributed by atoms with van der Waals surface area (Å²) in [6.45, 7) is 8.03. The number of nitrogens with two attached hydrogens (primary N) is 1. The average Bonchev–Trinajstić information content (AvgIpc) is 2.04. The summed E-state index contributed by atoms with van der Waals surface area (Å²) in [6, 6.07) is 8.20. The van der Waals surface area contributed by atoms with Crippen LogP contribution in [0.2, 0.25) is 0 Å². The summed E-state index contributed by atoms with van der Waals surface area (Å²) in [5.74, 6) is 0.546. The zero-order chi connectivity index (χ0) is 9.14. The lowest BCUT2D eigenvalue weighted by molar-refractivity contribution is 0.866. The van der Waals surface area contributed by atoms with Gasteiger partial charge in [0, 0.05) is 5.70 Å². The predicted molar refractivity (Wildman–Crippen MR) is 53.8 cm³/mol. The van der Waals surface area contributed by atoms with Gasteiger partial charge in [-0.3, -0.25) is 0 Å². The molecule has 0 unspecified atom stereocenters. The molecule has 1 nitrogen and oxygen atoms in total. The Morgan fingerprint density at radius 2 is 2.08 bits per heavy atom. The zero-order valence-electron chi connectivity index (χ0n) is 7.67. The van der Waals surface area contributed by atoms with E-state index in [1.165, 1.54) is 5.56 Å². The summed E-state index contributed by atoms with van der Waals surface area (Å²) in [5, 5.41) is 0. The molecule has 0 radical (unpaired) electrons. The van der Waals surface area contributed by atoms with Gasteiger partial charge in [-0.2, -0.15) is 0 Å². The van der Waals surface area contributed by atoms with Crippen molar-refractivity contribution in [1.82, 2.24) is 0 Å². The quantitative estimate of drug-likeness (QED) is 0.709. The van der Waals surface area contributed by atoms with Gasteiger partial charge in [-0.15, -0.1) is 0 Å². The zero-order valence-corrected chi connectivity index (χ0v) is 7.67. The molecule has 2 N–H and O–H groups in total. The van der Waals surface area contributed by atoms with Crippen LogP contribution in [0.3, 0.4) is 0 Å². The van der Waals surface area contributed by atoms with Gasteiger partial charge in [-0.25, -0.2) is 0 Å². The Hall–Kier alpha value is -1.24. The molecule has 0 saturated heterocycles. The third-order valence-electron chi connectivity index (χ3n) is 1.92. The fraction of sp³-hybridized carbons (Fsp3) is 0.273. The second-order valence-electron chi connectivity index (χ2n) is 3.31. The lowest BCUT2D eigenvalue weighted by Crippen LogP contribution is -1.95. The minimum atomic E-state index is 0.546. The van der Waals surface area contributed by atoms with Gasteiger partial charge < -0.3 is 5.73 Å².